The lowest BCUT2D eigenvalue weighted by molar-refractivity contribution is -0.266. The number of carbonyl (C=O) groups excluding carboxylic acids is 1. The predicted molar refractivity (Wildman–Crippen MR) is 101 cm³/mol. The van der Waals surface area contributed by atoms with Crippen LogP contribution in [0, 0.1) is 6.92 Å². The summed E-state index contributed by atoms with van der Waals surface area (Å²) >= 11 is 1.40. The maximum Gasteiger partial charge on any atom is 0.424 e. The third-order valence-corrected chi connectivity index (χ3v) is 5.91. The van der Waals surface area contributed by atoms with Gasteiger partial charge < -0.3 is 15.2 Å². The summed E-state index contributed by atoms with van der Waals surface area (Å²) in [6.45, 7) is -0.0438. The molecule has 1 amide bonds. The van der Waals surface area contributed by atoms with Crippen molar-refractivity contribution in [2.75, 3.05) is 11.9 Å². The van der Waals surface area contributed by atoms with Gasteiger partial charge in [-0.15, -0.1) is 11.3 Å². The van der Waals surface area contributed by atoms with Crippen molar-refractivity contribution in [2.24, 2.45) is 0 Å². The number of hydrogen-bond donors (Lipinski definition) is 2. The Labute approximate surface area is 178 Å². The molecule has 14 heteroatoms. The van der Waals surface area contributed by atoms with E-state index in [-0.39, 0.29) is 16.6 Å². The zero-order valence-corrected chi connectivity index (χ0v) is 17.1. The van der Waals surface area contributed by atoms with Gasteiger partial charge in [0.05, 0.1) is 16.6 Å². The first-order valence-electron chi connectivity index (χ1n) is 8.38. The summed E-state index contributed by atoms with van der Waals surface area (Å²) in [6, 6.07) is 3.85. The molecule has 0 radical (unpaired) electrons. The van der Waals surface area contributed by atoms with Gasteiger partial charge in [0, 0.05) is 11.1 Å². The number of fused-ring (bicyclic) bond motifs is 1. The summed E-state index contributed by atoms with van der Waals surface area (Å²) in [5.74, 6) is -1.25. The Kier molecular flexibility index (Phi) is 6.17. The SMILES string of the molecule is Cc1csc(C(O)(CC(=O)Nc2nc3ccc(OCC(F)(F)F)cc3s2)C(F)(F)F)n1. The Morgan fingerprint density at radius 2 is 1.90 bits per heavy atom. The first-order chi connectivity index (χ1) is 14.3. The second kappa shape index (κ2) is 8.24. The highest BCUT2D eigenvalue weighted by Crippen LogP contribution is 2.43. The number of aryl methyl sites for hydroxylation is 1. The fraction of sp³-hybridized carbons (Fsp3) is 0.353. The molecule has 2 heterocycles. The lowest BCUT2D eigenvalue weighted by atomic mass is 9.99. The second-order valence-electron chi connectivity index (χ2n) is 6.43. The Bertz CT molecular complexity index is 1090. The number of aromatic nitrogens is 2. The molecule has 0 bridgehead atoms. The first kappa shape index (κ1) is 23.2. The number of rotatable bonds is 6. The minimum atomic E-state index is -5.16. The van der Waals surface area contributed by atoms with Gasteiger partial charge in [-0.1, -0.05) is 11.3 Å². The average Bonchev–Trinajstić information content (AvgIpc) is 3.23. The second-order valence-corrected chi connectivity index (χ2v) is 8.32. The molecule has 0 aliphatic carbocycles. The number of benzene rings is 1. The van der Waals surface area contributed by atoms with E-state index in [0.29, 0.717) is 21.6 Å². The molecule has 1 aromatic carbocycles. The maximum absolute atomic E-state index is 13.5. The molecular weight excluding hydrogens is 472 g/mol. The number of ether oxygens (including phenoxy) is 1. The Morgan fingerprint density at radius 1 is 1.19 bits per heavy atom. The van der Waals surface area contributed by atoms with Crippen molar-refractivity contribution in [3.05, 3.63) is 34.3 Å². The molecule has 0 fully saturated rings. The smallest absolute Gasteiger partial charge is 0.424 e. The number of amides is 1. The number of nitrogens with zero attached hydrogens (tertiary/aromatic N) is 2. The summed E-state index contributed by atoms with van der Waals surface area (Å²) < 4.78 is 82.2. The van der Waals surface area contributed by atoms with E-state index in [9.17, 15) is 36.2 Å². The van der Waals surface area contributed by atoms with Crippen molar-refractivity contribution in [3.8, 4) is 5.75 Å². The van der Waals surface area contributed by atoms with Crippen LogP contribution in [-0.2, 0) is 10.4 Å². The molecule has 3 rings (SSSR count). The molecule has 3 aromatic rings. The topological polar surface area (TPSA) is 84.3 Å². The van der Waals surface area contributed by atoms with E-state index in [1.54, 1.807) is 0 Å². The molecule has 31 heavy (non-hydrogen) atoms. The third kappa shape index (κ3) is 5.43. The van der Waals surface area contributed by atoms with Crippen molar-refractivity contribution in [1.82, 2.24) is 9.97 Å². The lowest BCUT2D eigenvalue weighted by Crippen LogP contribution is -2.45. The molecule has 6 nitrogen and oxygen atoms in total. The minimum absolute atomic E-state index is 0.0862. The summed E-state index contributed by atoms with van der Waals surface area (Å²) in [4.78, 5) is 19.9. The summed E-state index contributed by atoms with van der Waals surface area (Å²) in [5, 5.41) is 13.0. The molecule has 0 saturated heterocycles. The normalized spacial score (nSPS) is 14.5. The molecule has 1 atom stereocenters. The van der Waals surface area contributed by atoms with Gasteiger partial charge in [-0.25, -0.2) is 9.97 Å². The number of halogens is 6. The van der Waals surface area contributed by atoms with Crippen LogP contribution in [0.25, 0.3) is 10.2 Å². The van der Waals surface area contributed by atoms with Crippen LogP contribution >= 0.6 is 22.7 Å². The molecule has 168 valence electrons. The highest BCUT2D eigenvalue weighted by molar-refractivity contribution is 7.22. The van der Waals surface area contributed by atoms with E-state index in [1.807, 2.05) is 0 Å². The van der Waals surface area contributed by atoms with Gasteiger partial charge in [-0.3, -0.25) is 4.79 Å². The van der Waals surface area contributed by atoms with Gasteiger partial charge in [0.1, 0.15) is 10.8 Å². The number of thiazole rings is 2. The highest BCUT2D eigenvalue weighted by Gasteiger charge is 2.58. The van der Waals surface area contributed by atoms with E-state index in [4.69, 9.17) is 0 Å². The van der Waals surface area contributed by atoms with Gasteiger partial charge in [0.2, 0.25) is 11.5 Å². The van der Waals surface area contributed by atoms with Gasteiger partial charge in [-0.05, 0) is 25.1 Å². The van der Waals surface area contributed by atoms with Gasteiger partial charge in [-0.2, -0.15) is 26.3 Å². The minimum Gasteiger partial charge on any atom is -0.484 e. The molecule has 2 aromatic heterocycles. The van der Waals surface area contributed by atoms with E-state index in [0.717, 1.165) is 11.3 Å². The lowest BCUT2D eigenvalue weighted by Gasteiger charge is -2.27. The van der Waals surface area contributed by atoms with Crippen LogP contribution in [0.15, 0.2) is 23.6 Å². The van der Waals surface area contributed by atoms with E-state index < -0.39 is 41.9 Å². The van der Waals surface area contributed by atoms with Crippen LogP contribution in [0.1, 0.15) is 17.1 Å². The molecule has 0 spiro atoms. The van der Waals surface area contributed by atoms with Crippen molar-refractivity contribution in [2.45, 2.75) is 31.3 Å². The van der Waals surface area contributed by atoms with Crippen LogP contribution in [-0.4, -0.2) is 39.9 Å². The fourth-order valence-corrected chi connectivity index (χ4v) is 4.28. The number of anilines is 1. The number of aliphatic hydroxyl groups is 1. The van der Waals surface area contributed by atoms with Crippen LogP contribution in [0.3, 0.4) is 0 Å². The molecule has 0 aliphatic rings. The zero-order valence-electron chi connectivity index (χ0n) is 15.5. The number of hydrogen-bond acceptors (Lipinski definition) is 7. The third-order valence-electron chi connectivity index (χ3n) is 3.87. The van der Waals surface area contributed by atoms with Crippen LogP contribution in [0.2, 0.25) is 0 Å². The molecule has 1 unspecified atom stereocenters. The van der Waals surface area contributed by atoms with Gasteiger partial charge >= 0.3 is 12.4 Å². The summed E-state index contributed by atoms with van der Waals surface area (Å²) in [5.41, 5.74) is -2.93. The Balaban J connectivity index is 1.76. The largest absolute Gasteiger partial charge is 0.484 e. The zero-order chi connectivity index (χ0) is 23.0. The highest BCUT2D eigenvalue weighted by atomic mass is 32.1. The molecular formula is C17H13F6N3O3S2. The molecule has 0 saturated carbocycles. The van der Waals surface area contributed by atoms with Crippen molar-refractivity contribution in [3.63, 3.8) is 0 Å². The number of alkyl halides is 6. The maximum atomic E-state index is 13.5. The predicted octanol–water partition coefficient (Wildman–Crippen LogP) is 4.78. The fourth-order valence-electron chi connectivity index (χ4n) is 2.45. The Morgan fingerprint density at radius 3 is 2.48 bits per heavy atom. The quantitative estimate of drug-likeness (QED) is 0.491. The van der Waals surface area contributed by atoms with Crippen molar-refractivity contribution in [1.29, 1.82) is 0 Å². The first-order valence-corrected chi connectivity index (χ1v) is 10.1. The monoisotopic (exact) mass is 485 g/mol. The standard InChI is InChI=1S/C17H13F6N3O3S2/c1-8-6-30-13(24-8)15(28,17(21,22)23)5-12(27)26-14-25-10-3-2-9(4-11(10)31-14)29-7-16(18,19)20/h2-4,6,28H,5,7H2,1H3,(H,25,26,27). The number of nitrogens with one attached hydrogen (secondary N) is 1. The van der Waals surface area contributed by atoms with Gasteiger partial charge in [0.15, 0.2) is 11.7 Å². The average molecular weight is 485 g/mol. The summed E-state index contributed by atoms with van der Waals surface area (Å²) in [6.07, 6.45) is -11.0. The number of carbonyl (C=O) groups is 1. The van der Waals surface area contributed by atoms with Crippen molar-refractivity contribution >= 4 is 43.9 Å². The van der Waals surface area contributed by atoms with Gasteiger partial charge in [0.25, 0.3) is 0 Å². The van der Waals surface area contributed by atoms with E-state index in [2.05, 4.69) is 20.0 Å². The van der Waals surface area contributed by atoms with E-state index >= 15 is 0 Å². The van der Waals surface area contributed by atoms with Crippen LogP contribution < -0.4 is 10.1 Å². The Hall–Kier alpha value is -2.45. The van der Waals surface area contributed by atoms with E-state index in [1.165, 1.54) is 30.5 Å². The summed E-state index contributed by atoms with van der Waals surface area (Å²) in [7, 11) is 0. The van der Waals surface area contributed by atoms with Crippen LogP contribution in [0.5, 0.6) is 5.75 Å². The van der Waals surface area contributed by atoms with Crippen LogP contribution in [0.4, 0.5) is 31.5 Å². The molecule has 0 aliphatic heterocycles. The van der Waals surface area contributed by atoms with Crippen molar-refractivity contribution < 1.29 is 41.0 Å². The molecule has 2 N–H and O–H groups in total.